The zero-order chi connectivity index (χ0) is 24.4. The van der Waals surface area contributed by atoms with E-state index < -0.39 is 11.0 Å². The van der Waals surface area contributed by atoms with E-state index in [0.717, 1.165) is 11.1 Å². The van der Waals surface area contributed by atoms with Crippen LogP contribution < -0.4 is 10.1 Å². The molecule has 2 rings (SSSR count). The Labute approximate surface area is 198 Å². The number of ether oxygens (including phenoxy) is 1. The summed E-state index contributed by atoms with van der Waals surface area (Å²) in [6.07, 6.45) is 0. The molecule has 0 fully saturated rings. The summed E-state index contributed by atoms with van der Waals surface area (Å²) in [5, 5.41) is 13.7. The van der Waals surface area contributed by atoms with Crippen LogP contribution in [0.3, 0.4) is 0 Å². The van der Waals surface area contributed by atoms with E-state index in [4.69, 9.17) is 4.74 Å². The Morgan fingerprint density at radius 2 is 1.82 bits per heavy atom. The Bertz CT molecular complexity index is 949. The molecule has 0 aliphatic heterocycles. The Balaban J connectivity index is 2.07. The van der Waals surface area contributed by atoms with Crippen LogP contribution in [0.5, 0.6) is 5.75 Å². The minimum absolute atomic E-state index is 0.0329. The van der Waals surface area contributed by atoms with Crippen LogP contribution in [0.2, 0.25) is 0 Å². The number of methoxy groups -OCH3 is 1. The van der Waals surface area contributed by atoms with Crippen molar-refractivity contribution in [1.82, 2.24) is 10.2 Å². The molecule has 0 saturated heterocycles. The minimum Gasteiger partial charge on any atom is -0.497 e. The van der Waals surface area contributed by atoms with Crippen molar-refractivity contribution in [2.75, 3.05) is 19.4 Å². The monoisotopic (exact) mass is 473 g/mol. The third-order valence-corrected chi connectivity index (χ3v) is 5.97. The number of nitrogens with zero attached hydrogens (tertiary/aromatic N) is 2. The van der Waals surface area contributed by atoms with Crippen molar-refractivity contribution in [3.8, 4) is 5.75 Å². The van der Waals surface area contributed by atoms with Gasteiger partial charge in [-0.25, -0.2) is 0 Å². The Morgan fingerprint density at radius 3 is 2.42 bits per heavy atom. The second kappa shape index (κ2) is 12.8. The number of hydrogen-bond donors (Lipinski definition) is 1. The standard InChI is InChI=1S/C24H31N3O5S/c1-17(2)13-25-24(29)18(3)26(14-20-6-5-7-22(12-20)32-4)23(28)16-33-15-19-8-10-21(11-9-19)27(30)31/h5-12,17-18H,13-16H2,1-4H3,(H,25,29)/t18-/m0/s1. The van der Waals surface area contributed by atoms with Crippen molar-refractivity contribution >= 4 is 29.3 Å². The van der Waals surface area contributed by atoms with Crippen LogP contribution in [0.25, 0.3) is 0 Å². The average Bonchev–Trinajstić information content (AvgIpc) is 2.80. The van der Waals surface area contributed by atoms with Crippen molar-refractivity contribution in [1.29, 1.82) is 0 Å². The Morgan fingerprint density at radius 1 is 1.12 bits per heavy atom. The van der Waals surface area contributed by atoms with Crippen LogP contribution in [-0.4, -0.2) is 47.1 Å². The highest BCUT2D eigenvalue weighted by Gasteiger charge is 2.26. The molecule has 0 aliphatic carbocycles. The SMILES string of the molecule is COc1cccc(CN(C(=O)CSCc2ccc([N+](=O)[O-])cc2)[C@@H](C)C(=O)NCC(C)C)c1. The van der Waals surface area contributed by atoms with E-state index in [9.17, 15) is 19.7 Å². The smallest absolute Gasteiger partial charge is 0.269 e. The minimum atomic E-state index is -0.637. The highest BCUT2D eigenvalue weighted by atomic mass is 32.2. The first-order chi connectivity index (χ1) is 15.7. The van der Waals surface area contributed by atoms with Gasteiger partial charge in [0.25, 0.3) is 5.69 Å². The Kier molecular flexibility index (Phi) is 10.2. The predicted molar refractivity (Wildman–Crippen MR) is 130 cm³/mol. The zero-order valence-corrected chi connectivity index (χ0v) is 20.3. The average molecular weight is 474 g/mol. The molecule has 0 aromatic heterocycles. The summed E-state index contributed by atoms with van der Waals surface area (Å²) in [6, 6.07) is 13.1. The van der Waals surface area contributed by atoms with Gasteiger partial charge in [0, 0.05) is 31.0 Å². The fraction of sp³-hybridized carbons (Fsp3) is 0.417. The molecule has 0 spiro atoms. The molecule has 33 heavy (non-hydrogen) atoms. The van der Waals surface area contributed by atoms with Crippen molar-refractivity contribution in [2.24, 2.45) is 5.92 Å². The van der Waals surface area contributed by atoms with Crippen LogP contribution in [0.4, 0.5) is 5.69 Å². The van der Waals surface area contributed by atoms with E-state index in [2.05, 4.69) is 5.32 Å². The third kappa shape index (κ3) is 8.42. The molecule has 9 heteroatoms. The summed E-state index contributed by atoms with van der Waals surface area (Å²) >= 11 is 1.41. The predicted octanol–water partition coefficient (Wildman–Crippen LogP) is 4.03. The molecule has 0 heterocycles. The highest BCUT2D eigenvalue weighted by Crippen LogP contribution is 2.20. The number of amides is 2. The molecule has 2 amide bonds. The summed E-state index contributed by atoms with van der Waals surface area (Å²) < 4.78 is 5.28. The van der Waals surface area contributed by atoms with Gasteiger partial charge >= 0.3 is 0 Å². The number of carbonyl (C=O) groups excluding carboxylic acids is 2. The van der Waals surface area contributed by atoms with Gasteiger partial charge in [0.1, 0.15) is 11.8 Å². The summed E-state index contributed by atoms with van der Waals surface area (Å²) in [6.45, 7) is 6.58. The highest BCUT2D eigenvalue weighted by molar-refractivity contribution is 7.99. The maximum absolute atomic E-state index is 13.1. The number of nitro groups is 1. The molecule has 8 nitrogen and oxygen atoms in total. The quantitative estimate of drug-likeness (QED) is 0.369. The number of nitrogens with one attached hydrogen (secondary N) is 1. The first-order valence-electron chi connectivity index (χ1n) is 10.7. The lowest BCUT2D eigenvalue weighted by atomic mass is 10.1. The lowest BCUT2D eigenvalue weighted by molar-refractivity contribution is -0.384. The molecule has 2 aromatic rings. The van der Waals surface area contributed by atoms with E-state index in [-0.39, 0.29) is 29.8 Å². The summed E-state index contributed by atoms with van der Waals surface area (Å²) in [5.41, 5.74) is 1.79. The van der Waals surface area contributed by atoms with E-state index in [0.29, 0.717) is 24.0 Å². The molecule has 178 valence electrons. The largest absolute Gasteiger partial charge is 0.497 e. The molecule has 1 N–H and O–H groups in total. The molecular formula is C24H31N3O5S. The molecule has 0 radical (unpaired) electrons. The number of nitro benzene ring substituents is 1. The van der Waals surface area contributed by atoms with Gasteiger partial charge in [-0.2, -0.15) is 0 Å². The maximum Gasteiger partial charge on any atom is 0.269 e. The summed E-state index contributed by atoms with van der Waals surface area (Å²) in [5.74, 6) is 1.36. The zero-order valence-electron chi connectivity index (χ0n) is 19.4. The lowest BCUT2D eigenvalue weighted by Crippen LogP contribution is -2.48. The van der Waals surface area contributed by atoms with E-state index in [1.807, 2.05) is 38.1 Å². The maximum atomic E-state index is 13.1. The van der Waals surface area contributed by atoms with Gasteiger partial charge in [-0.05, 0) is 36.1 Å². The van der Waals surface area contributed by atoms with Crippen LogP contribution in [0.15, 0.2) is 48.5 Å². The summed E-state index contributed by atoms with van der Waals surface area (Å²) in [7, 11) is 1.58. The number of benzene rings is 2. The van der Waals surface area contributed by atoms with Gasteiger partial charge in [-0.15, -0.1) is 11.8 Å². The van der Waals surface area contributed by atoms with Crippen LogP contribution in [-0.2, 0) is 21.9 Å². The van der Waals surface area contributed by atoms with Gasteiger partial charge in [-0.3, -0.25) is 19.7 Å². The lowest BCUT2D eigenvalue weighted by Gasteiger charge is -2.29. The number of rotatable bonds is 12. The topological polar surface area (TPSA) is 102 Å². The Hall–Kier alpha value is -3.07. The molecular weight excluding hydrogens is 442 g/mol. The fourth-order valence-corrected chi connectivity index (χ4v) is 3.93. The van der Waals surface area contributed by atoms with E-state index >= 15 is 0 Å². The van der Waals surface area contributed by atoms with Crippen LogP contribution in [0, 0.1) is 16.0 Å². The third-order valence-electron chi connectivity index (χ3n) is 4.98. The number of thioether (sulfide) groups is 1. The van der Waals surface area contributed by atoms with Crippen molar-refractivity contribution < 1.29 is 19.2 Å². The first-order valence-corrected chi connectivity index (χ1v) is 11.9. The van der Waals surface area contributed by atoms with Crippen LogP contribution in [0.1, 0.15) is 31.9 Å². The number of non-ortho nitro benzene ring substituents is 1. The molecule has 1 atom stereocenters. The van der Waals surface area contributed by atoms with Gasteiger partial charge in [-0.1, -0.05) is 38.1 Å². The second-order valence-electron chi connectivity index (χ2n) is 8.10. The molecule has 0 saturated carbocycles. The van der Waals surface area contributed by atoms with Crippen LogP contribution >= 0.6 is 11.8 Å². The first kappa shape index (κ1) is 26.2. The molecule has 2 aromatic carbocycles. The second-order valence-corrected chi connectivity index (χ2v) is 9.09. The number of hydrogen-bond acceptors (Lipinski definition) is 6. The van der Waals surface area contributed by atoms with Gasteiger partial charge in [0.2, 0.25) is 11.8 Å². The van der Waals surface area contributed by atoms with Crippen molar-refractivity contribution in [2.45, 2.75) is 39.1 Å². The van der Waals surface area contributed by atoms with Gasteiger partial charge < -0.3 is 15.0 Å². The van der Waals surface area contributed by atoms with Gasteiger partial charge in [0.05, 0.1) is 17.8 Å². The van der Waals surface area contributed by atoms with E-state index in [1.165, 1.54) is 23.9 Å². The van der Waals surface area contributed by atoms with E-state index in [1.54, 1.807) is 31.1 Å². The molecule has 0 aliphatic rings. The summed E-state index contributed by atoms with van der Waals surface area (Å²) in [4.78, 5) is 37.7. The van der Waals surface area contributed by atoms with Gasteiger partial charge in [0.15, 0.2) is 0 Å². The molecule has 0 bridgehead atoms. The van der Waals surface area contributed by atoms with Crippen molar-refractivity contribution in [3.63, 3.8) is 0 Å². The van der Waals surface area contributed by atoms with Crippen molar-refractivity contribution in [3.05, 3.63) is 69.8 Å². The normalized spacial score (nSPS) is 11.7. The molecule has 0 unspecified atom stereocenters. The fourth-order valence-electron chi connectivity index (χ4n) is 3.06. The number of carbonyl (C=O) groups is 2.